The lowest BCUT2D eigenvalue weighted by Gasteiger charge is -2.14. The van der Waals surface area contributed by atoms with Gasteiger partial charge in [-0.15, -0.1) is 0 Å². The fraction of sp³-hybridized carbons (Fsp3) is 0.417. The maximum atomic E-state index is 11.8. The van der Waals surface area contributed by atoms with Crippen LogP contribution in [0.25, 0.3) is 0 Å². The van der Waals surface area contributed by atoms with Gasteiger partial charge in [0, 0.05) is 18.2 Å². The van der Waals surface area contributed by atoms with Crippen LogP contribution in [0.4, 0.5) is 0 Å². The van der Waals surface area contributed by atoms with Gasteiger partial charge in [0.25, 0.3) is 5.91 Å². The van der Waals surface area contributed by atoms with Crippen molar-refractivity contribution in [2.75, 3.05) is 6.54 Å². The monoisotopic (exact) mass is 206 g/mol. The summed E-state index contributed by atoms with van der Waals surface area (Å²) >= 11 is 0. The lowest BCUT2D eigenvalue weighted by molar-refractivity contribution is 0.0937. The highest BCUT2D eigenvalue weighted by molar-refractivity contribution is 5.94. The summed E-state index contributed by atoms with van der Waals surface area (Å²) < 4.78 is 0. The van der Waals surface area contributed by atoms with E-state index in [-0.39, 0.29) is 11.9 Å². The lowest BCUT2D eigenvalue weighted by Crippen LogP contribution is -2.39. The van der Waals surface area contributed by atoms with Crippen LogP contribution in [0.2, 0.25) is 0 Å². The summed E-state index contributed by atoms with van der Waals surface area (Å²) in [5.41, 5.74) is 7.31. The molecule has 1 aromatic carbocycles. The smallest absolute Gasteiger partial charge is 0.251 e. The number of hydrogen-bond acceptors (Lipinski definition) is 2. The fourth-order valence-corrected chi connectivity index (χ4v) is 1.38. The number of amides is 1. The Kier molecular flexibility index (Phi) is 4.31. The summed E-state index contributed by atoms with van der Waals surface area (Å²) in [5, 5.41) is 2.90. The van der Waals surface area contributed by atoms with Gasteiger partial charge >= 0.3 is 0 Å². The lowest BCUT2D eigenvalue weighted by atomic mass is 10.1. The Morgan fingerprint density at radius 2 is 2.27 bits per heavy atom. The van der Waals surface area contributed by atoms with Crippen LogP contribution in [0.5, 0.6) is 0 Å². The first-order valence-electron chi connectivity index (χ1n) is 5.25. The van der Waals surface area contributed by atoms with Crippen molar-refractivity contribution in [2.45, 2.75) is 26.3 Å². The minimum atomic E-state index is -0.0454. The molecule has 3 N–H and O–H groups in total. The molecule has 1 unspecified atom stereocenters. The summed E-state index contributed by atoms with van der Waals surface area (Å²) in [7, 11) is 0. The number of carbonyl (C=O) groups excluding carboxylic acids is 1. The van der Waals surface area contributed by atoms with Crippen molar-refractivity contribution < 1.29 is 4.79 Å². The molecule has 0 radical (unpaired) electrons. The average molecular weight is 206 g/mol. The number of nitrogens with two attached hydrogens (primary N) is 1. The zero-order valence-electron chi connectivity index (χ0n) is 9.29. The predicted octanol–water partition coefficient (Wildman–Crippen LogP) is 1.46. The van der Waals surface area contributed by atoms with Crippen molar-refractivity contribution in [3.05, 3.63) is 35.4 Å². The SMILES string of the molecule is CCC(CN)NC(=O)c1cccc(C)c1. The molecular weight excluding hydrogens is 188 g/mol. The molecule has 0 heterocycles. The molecular formula is C12H18N2O. The third-order valence-electron chi connectivity index (χ3n) is 2.39. The van der Waals surface area contributed by atoms with Crippen LogP contribution in [-0.4, -0.2) is 18.5 Å². The molecule has 0 aliphatic heterocycles. The van der Waals surface area contributed by atoms with E-state index in [4.69, 9.17) is 5.73 Å². The molecule has 1 atom stereocenters. The second-order valence-electron chi connectivity index (χ2n) is 3.68. The average Bonchev–Trinajstić information content (AvgIpc) is 2.25. The van der Waals surface area contributed by atoms with Crippen LogP contribution in [0, 0.1) is 6.92 Å². The van der Waals surface area contributed by atoms with E-state index in [0.29, 0.717) is 12.1 Å². The van der Waals surface area contributed by atoms with Crippen LogP contribution in [-0.2, 0) is 0 Å². The summed E-state index contributed by atoms with van der Waals surface area (Å²) in [4.78, 5) is 11.8. The molecule has 82 valence electrons. The number of benzene rings is 1. The van der Waals surface area contributed by atoms with Crippen LogP contribution in [0.1, 0.15) is 29.3 Å². The van der Waals surface area contributed by atoms with E-state index in [0.717, 1.165) is 12.0 Å². The van der Waals surface area contributed by atoms with Crippen molar-refractivity contribution in [2.24, 2.45) is 5.73 Å². The van der Waals surface area contributed by atoms with Crippen LogP contribution < -0.4 is 11.1 Å². The Hall–Kier alpha value is -1.35. The zero-order valence-corrected chi connectivity index (χ0v) is 9.29. The van der Waals surface area contributed by atoms with Gasteiger partial charge in [-0.3, -0.25) is 4.79 Å². The van der Waals surface area contributed by atoms with Crippen molar-refractivity contribution in [3.8, 4) is 0 Å². The number of carbonyl (C=O) groups is 1. The van der Waals surface area contributed by atoms with E-state index in [2.05, 4.69) is 5.32 Å². The minimum absolute atomic E-state index is 0.0454. The molecule has 3 heteroatoms. The normalized spacial score (nSPS) is 12.2. The van der Waals surface area contributed by atoms with Crippen LogP contribution >= 0.6 is 0 Å². The third kappa shape index (κ3) is 3.36. The van der Waals surface area contributed by atoms with E-state index in [9.17, 15) is 4.79 Å². The Balaban J connectivity index is 2.68. The quantitative estimate of drug-likeness (QED) is 0.783. The minimum Gasteiger partial charge on any atom is -0.348 e. The highest BCUT2D eigenvalue weighted by atomic mass is 16.1. The highest BCUT2D eigenvalue weighted by Crippen LogP contribution is 2.04. The molecule has 0 spiro atoms. The second-order valence-corrected chi connectivity index (χ2v) is 3.68. The Bertz CT molecular complexity index is 332. The van der Waals surface area contributed by atoms with Crippen LogP contribution in [0.3, 0.4) is 0 Å². The number of rotatable bonds is 4. The van der Waals surface area contributed by atoms with E-state index in [1.807, 2.05) is 38.1 Å². The highest BCUT2D eigenvalue weighted by Gasteiger charge is 2.10. The topological polar surface area (TPSA) is 55.1 Å². The Morgan fingerprint density at radius 1 is 1.53 bits per heavy atom. The van der Waals surface area contributed by atoms with Gasteiger partial charge in [-0.25, -0.2) is 0 Å². The molecule has 0 aromatic heterocycles. The number of nitrogens with one attached hydrogen (secondary N) is 1. The Morgan fingerprint density at radius 3 is 2.80 bits per heavy atom. The maximum Gasteiger partial charge on any atom is 0.251 e. The number of aryl methyl sites for hydroxylation is 1. The van der Waals surface area contributed by atoms with Gasteiger partial charge in [0.1, 0.15) is 0 Å². The summed E-state index contributed by atoms with van der Waals surface area (Å²) in [5.74, 6) is -0.0454. The molecule has 1 amide bonds. The molecule has 1 rings (SSSR count). The molecule has 0 saturated heterocycles. The van der Waals surface area contributed by atoms with Gasteiger partial charge in [-0.1, -0.05) is 24.6 Å². The molecule has 0 bridgehead atoms. The standard InChI is InChI=1S/C12H18N2O/c1-3-11(8-13)14-12(15)10-6-4-5-9(2)7-10/h4-7,11H,3,8,13H2,1-2H3,(H,14,15). The first-order chi connectivity index (χ1) is 7.17. The third-order valence-corrected chi connectivity index (χ3v) is 2.39. The number of hydrogen-bond donors (Lipinski definition) is 2. The van der Waals surface area contributed by atoms with Gasteiger partial charge in [0.2, 0.25) is 0 Å². The Labute approximate surface area is 90.7 Å². The first kappa shape index (κ1) is 11.7. The van der Waals surface area contributed by atoms with Gasteiger partial charge in [-0.05, 0) is 25.5 Å². The van der Waals surface area contributed by atoms with E-state index in [1.165, 1.54) is 0 Å². The second kappa shape index (κ2) is 5.51. The molecule has 1 aromatic rings. The zero-order chi connectivity index (χ0) is 11.3. The van der Waals surface area contributed by atoms with Crippen molar-refractivity contribution in [3.63, 3.8) is 0 Å². The van der Waals surface area contributed by atoms with Gasteiger partial charge in [-0.2, -0.15) is 0 Å². The maximum absolute atomic E-state index is 11.8. The van der Waals surface area contributed by atoms with Gasteiger partial charge in [0.15, 0.2) is 0 Å². The fourth-order valence-electron chi connectivity index (χ4n) is 1.38. The van der Waals surface area contributed by atoms with Crippen LogP contribution in [0.15, 0.2) is 24.3 Å². The van der Waals surface area contributed by atoms with E-state index in [1.54, 1.807) is 0 Å². The first-order valence-corrected chi connectivity index (χ1v) is 5.25. The van der Waals surface area contributed by atoms with Crippen molar-refractivity contribution >= 4 is 5.91 Å². The van der Waals surface area contributed by atoms with Gasteiger partial charge < -0.3 is 11.1 Å². The molecule has 15 heavy (non-hydrogen) atoms. The van der Waals surface area contributed by atoms with Gasteiger partial charge in [0.05, 0.1) is 0 Å². The summed E-state index contributed by atoms with van der Waals surface area (Å²) in [6.07, 6.45) is 0.855. The molecule has 0 saturated carbocycles. The predicted molar refractivity (Wildman–Crippen MR) is 61.8 cm³/mol. The van der Waals surface area contributed by atoms with E-state index < -0.39 is 0 Å². The molecule has 0 aliphatic carbocycles. The molecule has 0 aliphatic rings. The molecule has 3 nitrogen and oxygen atoms in total. The van der Waals surface area contributed by atoms with Crippen molar-refractivity contribution in [1.29, 1.82) is 0 Å². The summed E-state index contributed by atoms with van der Waals surface area (Å²) in [6, 6.07) is 7.60. The summed E-state index contributed by atoms with van der Waals surface area (Å²) in [6.45, 7) is 4.46. The van der Waals surface area contributed by atoms with Crippen molar-refractivity contribution in [1.82, 2.24) is 5.32 Å². The van der Waals surface area contributed by atoms with E-state index >= 15 is 0 Å². The largest absolute Gasteiger partial charge is 0.348 e. The molecule has 0 fully saturated rings.